The van der Waals surface area contributed by atoms with E-state index in [0.29, 0.717) is 12.1 Å². The number of ether oxygens (including phenoxy) is 1. The quantitative estimate of drug-likeness (QED) is 0.794. The largest absolute Gasteiger partial charge is 0.376 e. The minimum atomic E-state index is 0.529. The van der Waals surface area contributed by atoms with E-state index < -0.39 is 0 Å². The van der Waals surface area contributed by atoms with Crippen molar-refractivity contribution >= 4 is 0 Å². The summed E-state index contributed by atoms with van der Waals surface area (Å²) in [7, 11) is 2.09. The molecular weight excluding hydrogens is 210 g/mol. The maximum atomic E-state index is 6.20. The van der Waals surface area contributed by atoms with E-state index in [-0.39, 0.29) is 0 Å². The highest BCUT2D eigenvalue weighted by Gasteiger charge is 2.27. The van der Waals surface area contributed by atoms with Crippen LogP contribution in [0.25, 0.3) is 0 Å². The average molecular weight is 239 g/mol. The fourth-order valence-electron chi connectivity index (χ4n) is 3.57. The summed E-state index contributed by atoms with van der Waals surface area (Å²) in [6, 6.07) is 0.589. The first-order valence-corrected chi connectivity index (χ1v) is 7.60. The standard InChI is InChI=1S/C15H29NO/c1-12-7-3-6-10-15(12)17-11-14(16-2)13-8-4-5-9-13/h12-16H,3-11H2,1-2H3. The first-order valence-electron chi connectivity index (χ1n) is 7.60. The van der Waals surface area contributed by atoms with Gasteiger partial charge in [0, 0.05) is 6.04 Å². The van der Waals surface area contributed by atoms with Crippen molar-refractivity contribution in [2.24, 2.45) is 11.8 Å². The summed E-state index contributed by atoms with van der Waals surface area (Å²) in [5.74, 6) is 1.63. The molecular formula is C15H29NO. The van der Waals surface area contributed by atoms with Gasteiger partial charge in [-0.05, 0) is 44.6 Å². The third-order valence-corrected chi connectivity index (χ3v) is 4.86. The van der Waals surface area contributed by atoms with Crippen LogP contribution in [-0.2, 0) is 4.74 Å². The van der Waals surface area contributed by atoms with Gasteiger partial charge in [0.1, 0.15) is 0 Å². The number of hydrogen-bond acceptors (Lipinski definition) is 2. The third-order valence-electron chi connectivity index (χ3n) is 4.86. The van der Waals surface area contributed by atoms with Crippen molar-refractivity contribution in [1.29, 1.82) is 0 Å². The lowest BCUT2D eigenvalue weighted by Crippen LogP contribution is -2.39. The lowest BCUT2D eigenvalue weighted by Gasteiger charge is -2.31. The molecule has 0 amide bonds. The van der Waals surface area contributed by atoms with Crippen molar-refractivity contribution in [1.82, 2.24) is 5.32 Å². The lowest BCUT2D eigenvalue weighted by molar-refractivity contribution is -0.0206. The van der Waals surface area contributed by atoms with E-state index in [9.17, 15) is 0 Å². The molecule has 2 heteroatoms. The van der Waals surface area contributed by atoms with Crippen molar-refractivity contribution in [2.45, 2.75) is 70.4 Å². The highest BCUT2D eigenvalue weighted by atomic mass is 16.5. The van der Waals surface area contributed by atoms with E-state index in [1.807, 2.05) is 0 Å². The second-order valence-electron chi connectivity index (χ2n) is 6.07. The first-order chi connectivity index (χ1) is 8.31. The molecule has 3 unspecified atom stereocenters. The molecule has 2 rings (SSSR count). The van der Waals surface area contributed by atoms with Gasteiger partial charge in [-0.3, -0.25) is 0 Å². The number of rotatable bonds is 5. The van der Waals surface area contributed by atoms with Crippen LogP contribution in [0.3, 0.4) is 0 Å². The molecule has 0 aliphatic heterocycles. The lowest BCUT2D eigenvalue weighted by atomic mass is 9.88. The van der Waals surface area contributed by atoms with Crippen LogP contribution < -0.4 is 5.32 Å². The van der Waals surface area contributed by atoms with Gasteiger partial charge >= 0.3 is 0 Å². The van der Waals surface area contributed by atoms with Gasteiger partial charge < -0.3 is 10.1 Å². The zero-order valence-corrected chi connectivity index (χ0v) is 11.6. The molecule has 100 valence electrons. The fourth-order valence-corrected chi connectivity index (χ4v) is 3.57. The Labute approximate surface area is 107 Å². The van der Waals surface area contributed by atoms with Gasteiger partial charge in [0.15, 0.2) is 0 Å². The van der Waals surface area contributed by atoms with Crippen molar-refractivity contribution in [3.63, 3.8) is 0 Å². The number of nitrogens with one attached hydrogen (secondary N) is 1. The fraction of sp³-hybridized carbons (Fsp3) is 1.00. The Morgan fingerprint density at radius 1 is 1.06 bits per heavy atom. The topological polar surface area (TPSA) is 21.3 Å². The van der Waals surface area contributed by atoms with Crippen LogP contribution in [0, 0.1) is 11.8 Å². The highest BCUT2D eigenvalue weighted by Crippen LogP contribution is 2.30. The van der Waals surface area contributed by atoms with Gasteiger partial charge in [-0.2, -0.15) is 0 Å². The molecule has 1 N–H and O–H groups in total. The SMILES string of the molecule is CNC(COC1CCCCC1C)C1CCCC1. The highest BCUT2D eigenvalue weighted by molar-refractivity contribution is 4.81. The minimum absolute atomic E-state index is 0.529. The summed E-state index contributed by atoms with van der Waals surface area (Å²) in [6.07, 6.45) is 11.6. The zero-order chi connectivity index (χ0) is 12.1. The van der Waals surface area contributed by atoms with Gasteiger partial charge in [0.2, 0.25) is 0 Å². The van der Waals surface area contributed by atoms with Crippen molar-refractivity contribution in [3.8, 4) is 0 Å². The summed E-state index contributed by atoms with van der Waals surface area (Å²) in [5, 5.41) is 3.47. The molecule has 2 aliphatic carbocycles. The molecule has 0 heterocycles. The van der Waals surface area contributed by atoms with Gasteiger partial charge in [-0.1, -0.05) is 32.6 Å². The molecule has 0 spiro atoms. The maximum absolute atomic E-state index is 6.20. The minimum Gasteiger partial charge on any atom is -0.376 e. The summed E-state index contributed by atoms with van der Waals surface area (Å²) >= 11 is 0. The van der Waals surface area contributed by atoms with E-state index in [4.69, 9.17) is 4.74 Å². The Morgan fingerprint density at radius 3 is 2.35 bits per heavy atom. The van der Waals surface area contributed by atoms with Crippen LogP contribution >= 0.6 is 0 Å². The monoisotopic (exact) mass is 239 g/mol. The Hall–Kier alpha value is -0.0800. The van der Waals surface area contributed by atoms with Gasteiger partial charge in [0.25, 0.3) is 0 Å². The van der Waals surface area contributed by atoms with Crippen LogP contribution in [0.15, 0.2) is 0 Å². The molecule has 0 bridgehead atoms. The average Bonchev–Trinajstić information content (AvgIpc) is 2.86. The summed E-state index contributed by atoms with van der Waals surface area (Å²) in [4.78, 5) is 0. The zero-order valence-electron chi connectivity index (χ0n) is 11.6. The normalized spacial score (nSPS) is 32.8. The Morgan fingerprint density at radius 2 is 1.71 bits per heavy atom. The first kappa shape index (κ1) is 13.4. The van der Waals surface area contributed by atoms with Gasteiger partial charge in [-0.15, -0.1) is 0 Å². The van der Waals surface area contributed by atoms with E-state index in [1.165, 1.54) is 51.4 Å². The molecule has 2 saturated carbocycles. The molecule has 3 atom stereocenters. The second kappa shape index (κ2) is 6.75. The van der Waals surface area contributed by atoms with Crippen LogP contribution in [0.5, 0.6) is 0 Å². The van der Waals surface area contributed by atoms with E-state index in [2.05, 4.69) is 19.3 Å². The number of hydrogen-bond donors (Lipinski definition) is 1. The smallest absolute Gasteiger partial charge is 0.0626 e. The predicted octanol–water partition coefficient (Wildman–Crippen LogP) is 3.36. The molecule has 2 nitrogen and oxygen atoms in total. The van der Waals surface area contributed by atoms with E-state index in [0.717, 1.165) is 18.4 Å². The van der Waals surface area contributed by atoms with E-state index in [1.54, 1.807) is 0 Å². The third kappa shape index (κ3) is 3.69. The second-order valence-corrected chi connectivity index (χ2v) is 6.07. The van der Waals surface area contributed by atoms with Gasteiger partial charge in [0.05, 0.1) is 12.7 Å². The predicted molar refractivity (Wildman–Crippen MR) is 72.2 cm³/mol. The van der Waals surface area contributed by atoms with Crippen LogP contribution in [0.4, 0.5) is 0 Å². The molecule has 0 saturated heterocycles. The van der Waals surface area contributed by atoms with Crippen molar-refractivity contribution < 1.29 is 4.74 Å². The molecule has 0 aromatic rings. The van der Waals surface area contributed by atoms with Crippen LogP contribution in [-0.4, -0.2) is 25.8 Å². The van der Waals surface area contributed by atoms with E-state index >= 15 is 0 Å². The molecule has 17 heavy (non-hydrogen) atoms. The van der Waals surface area contributed by atoms with Crippen LogP contribution in [0.1, 0.15) is 58.3 Å². The van der Waals surface area contributed by atoms with Crippen molar-refractivity contribution in [3.05, 3.63) is 0 Å². The molecule has 0 aromatic heterocycles. The van der Waals surface area contributed by atoms with Crippen molar-refractivity contribution in [2.75, 3.05) is 13.7 Å². The number of likely N-dealkylation sites (N-methyl/N-ethyl adjacent to an activating group) is 1. The maximum Gasteiger partial charge on any atom is 0.0626 e. The molecule has 2 fully saturated rings. The summed E-state index contributed by atoms with van der Waals surface area (Å²) < 4.78 is 6.20. The molecule has 2 aliphatic rings. The summed E-state index contributed by atoms with van der Waals surface area (Å²) in [5.41, 5.74) is 0. The molecule has 0 aromatic carbocycles. The Kier molecular flexibility index (Phi) is 5.30. The summed E-state index contributed by atoms with van der Waals surface area (Å²) in [6.45, 7) is 3.28. The Balaban J connectivity index is 1.74. The van der Waals surface area contributed by atoms with Gasteiger partial charge in [-0.25, -0.2) is 0 Å². The Bertz CT molecular complexity index is 213. The molecule has 0 radical (unpaired) electrons. The van der Waals surface area contributed by atoms with Crippen LogP contribution in [0.2, 0.25) is 0 Å².